The second-order valence-corrected chi connectivity index (χ2v) is 7.84. The van der Waals surface area contributed by atoms with Gasteiger partial charge in [0, 0.05) is 12.1 Å². The molecule has 8 nitrogen and oxygen atoms in total. The van der Waals surface area contributed by atoms with E-state index in [2.05, 4.69) is 19.2 Å². The smallest absolute Gasteiger partial charge is 0.325 e. The predicted molar refractivity (Wildman–Crippen MR) is 111 cm³/mol. The third-order valence-corrected chi connectivity index (χ3v) is 5.36. The second-order valence-electron chi connectivity index (χ2n) is 7.84. The van der Waals surface area contributed by atoms with Gasteiger partial charge in [0.2, 0.25) is 0 Å². The maximum atomic E-state index is 13.0. The van der Waals surface area contributed by atoms with Crippen molar-refractivity contribution >= 4 is 17.6 Å². The van der Waals surface area contributed by atoms with Gasteiger partial charge in [-0.3, -0.25) is 19.8 Å². The molecule has 1 saturated heterocycles. The SMILES string of the molecule is Cc1cc(OCCN2C(=O)NC(C)(c3cccc([N+](=O)[O-])c3)C2=O)ccc1C(C)C. The number of nitro groups is 1. The van der Waals surface area contributed by atoms with Crippen LogP contribution in [0.25, 0.3) is 0 Å². The summed E-state index contributed by atoms with van der Waals surface area (Å²) in [6.45, 7) is 8.02. The van der Waals surface area contributed by atoms with Crippen molar-refractivity contribution in [2.24, 2.45) is 0 Å². The van der Waals surface area contributed by atoms with Crippen LogP contribution in [0.5, 0.6) is 5.75 Å². The number of carbonyl (C=O) groups excluding carboxylic acids is 2. The fraction of sp³-hybridized carbons (Fsp3) is 0.364. The molecular formula is C22H25N3O5. The molecule has 1 aliphatic heterocycles. The van der Waals surface area contributed by atoms with E-state index in [0.717, 1.165) is 10.5 Å². The predicted octanol–water partition coefficient (Wildman–Crippen LogP) is 3.87. The van der Waals surface area contributed by atoms with Crippen molar-refractivity contribution in [2.45, 2.75) is 39.2 Å². The van der Waals surface area contributed by atoms with Gasteiger partial charge in [-0.2, -0.15) is 0 Å². The topological polar surface area (TPSA) is 102 Å². The van der Waals surface area contributed by atoms with Crippen molar-refractivity contribution < 1.29 is 19.2 Å². The average Bonchev–Trinajstić information content (AvgIpc) is 2.91. The Morgan fingerprint density at radius 3 is 2.57 bits per heavy atom. The Kier molecular flexibility index (Phi) is 5.78. The molecule has 0 aliphatic carbocycles. The lowest BCUT2D eigenvalue weighted by molar-refractivity contribution is -0.385. The van der Waals surface area contributed by atoms with E-state index >= 15 is 0 Å². The van der Waals surface area contributed by atoms with E-state index < -0.39 is 22.4 Å². The summed E-state index contributed by atoms with van der Waals surface area (Å²) in [6, 6.07) is 11.0. The Hall–Kier alpha value is -3.42. The van der Waals surface area contributed by atoms with E-state index in [0.29, 0.717) is 17.2 Å². The molecule has 3 rings (SSSR count). The quantitative estimate of drug-likeness (QED) is 0.423. The third kappa shape index (κ3) is 3.98. The molecule has 1 unspecified atom stereocenters. The zero-order valence-corrected chi connectivity index (χ0v) is 17.5. The first kappa shape index (κ1) is 21.3. The van der Waals surface area contributed by atoms with Crippen LogP contribution in [-0.2, 0) is 10.3 Å². The van der Waals surface area contributed by atoms with Crippen LogP contribution in [0, 0.1) is 17.0 Å². The molecule has 0 aromatic heterocycles. The van der Waals surface area contributed by atoms with Gasteiger partial charge in [0.1, 0.15) is 17.9 Å². The summed E-state index contributed by atoms with van der Waals surface area (Å²) in [4.78, 5) is 37.0. The van der Waals surface area contributed by atoms with Crippen molar-refractivity contribution in [1.82, 2.24) is 10.2 Å². The van der Waals surface area contributed by atoms with E-state index in [1.165, 1.54) is 23.8 Å². The van der Waals surface area contributed by atoms with Crippen LogP contribution in [0.2, 0.25) is 0 Å². The summed E-state index contributed by atoms with van der Waals surface area (Å²) in [5.74, 6) is 0.616. The molecule has 0 radical (unpaired) electrons. The number of amides is 3. The highest BCUT2D eigenvalue weighted by Crippen LogP contribution is 2.31. The summed E-state index contributed by atoms with van der Waals surface area (Å²) in [6.07, 6.45) is 0. The van der Waals surface area contributed by atoms with E-state index in [1.807, 2.05) is 25.1 Å². The van der Waals surface area contributed by atoms with Gasteiger partial charge < -0.3 is 10.1 Å². The molecule has 0 spiro atoms. The van der Waals surface area contributed by atoms with Crippen molar-refractivity contribution in [3.63, 3.8) is 0 Å². The van der Waals surface area contributed by atoms with Crippen LogP contribution in [0.1, 0.15) is 43.4 Å². The minimum Gasteiger partial charge on any atom is -0.492 e. The molecule has 2 aromatic rings. The highest BCUT2D eigenvalue weighted by molar-refractivity contribution is 6.07. The summed E-state index contributed by atoms with van der Waals surface area (Å²) in [5.41, 5.74) is 1.22. The summed E-state index contributed by atoms with van der Waals surface area (Å²) in [7, 11) is 0. The number of non-ortho nitro benzene ring substituents is 1. The van der Waals surface area contributed by atoms with E-state index in [9.17, 15) is 19.7 Å². The molecule has 1 atom stereocenters. The summed E-state index contributed by atoms with van der Waals surface area (Å²) >= 11 is 0. The normalized spacial score (nSPS) is 18.6. The first-order chi connectivity index (χ1) is 14.1. The number of hydrogen-bond donors (Lipinski definition) is 1. The largest absolute Gasteiger partial charge is 0.492 e. The van der Waals surface area contributed by atoms with E-state index in [-0.39, 0.29) is 18.8 Å². The van der Waals surface area contributed by atoms with Crippen LogP contribution < -0.4 is 10.1 Å². The minimum atomic E-state index is -1.36. The maximum absolute atomic E-state index is 13.0. The van der Waals surface area contributed by atoms with E-state index in [1.54, 1.807) is 13.0 Å². The molecule has 1 aliphatic rings. The minimum absolute atomic E-state index is 0.0696. The first-order valence-corrected chi connectivity index (χ1v) is 9.76. The van der Waals surface area contributed by atoms with Crippen molar-refractivity contribution in [2.75, 3.05) is 13.2 Å². The Morgan fingerprint density at radius 2 is 1.93 bits per heavy atom. The van der Waals surface area contributed by atoms with Crippen molar-refractivity contribution in [1.29, 1.82) is 0 Å². The number of hydrogen-bond acceptors (Lipinski definition) is 5. The number of rotatable bonds is 7. The number of carbonyl (C=O) groups is 2. The van der Waals surface area contributed by atoms with Gasteiger partial charge in [-0.1, -0.05) is 32.0 Å². The Morgan fingerprint density at radius 1 is 1.20 bits per heavy atom. The van der Waals surface area contributed by atoms with Crippen LogP contribution in [-0.4, -0.2) is 34.9 Å². The van der Waals surface area contributed by atoms with Crippen LogP contribution in [0.15, 0.2) is 42.5 Å². The molecule has 1 fully saturated rings. The molecule has 1 N–H and O–H groups in total. The molecule has 2 aromatic carbocycles. The number of ether oxygens (including phenoxy) is 1. The standard InChI is InChI=1S/C22H25N3O5/c1-14(2)19-9-8-18(12-15(19)3)30-11-10-24-20(26)22(4,23-21(24)27)16-6-5-7-17(13-16)25(28)29/h5-9,12-14H,10-11H2,1-4H3,(H,23,27). The summed E-state index contributed by atoms with van der Waals surface area (Å²) < 4.78 is 5.74. The molecule has 0 saturated carbocycles. The van der Waals surface area contributed by atoms with Crippen LogP contribution in [0.3, 0.4) is 0 Å². The van der Waals surface area contributed by atoms with Gasteiger partial charge in [0.25, 0.3) is 11.6 Å². The first-order valence-electron chi connectivity index (χ1n) is 9.76. The second kappa shape index (κ2) is 8.14. The molecule has 0 bridgehead atoms. The lowest BCUT2D eigenvalue weighted by Gasteiger charge is -2.22. The highest BCUT2D eigenvalue weighted by Gasteiger charge is 2.49. The van der Waals surface area contributed by atoms with Gasteiger partial charge in [0.05, 0.1) is 11.5 Å². The van der Waals surface area contributed by atoms with Crippen LogP contribution >= 0.6 is 0 Å². The summed E-state index contributed by atoms with van der Waals surface area (Å²) in [5, 5.41) is 13.7. The van der Waals surface area contributed by atoms with Crippen LogP contribution in [0.4, 0.5) is 10.5 Å². The number of nitrogens with zero attached hydrogens (tertiary/aromatic N) is 2. The molecule has 158 valence electrons. The lowest BCUT2D eigenvalue weighted by Crippen LogP contribution is -2.41. The van der Waals surface area contributed by atoms with Gasteiger partial charge in [0.15, 0.2) is 0 Å². The third-order valence-electron chi connectivity index (χ3n) is 5.36. The van der Waals surface area contributed by atoms with Crippen molar-refractivity contribution in [3.8, 4) is 5.75 Å². The number of nitrogens with one attached hydrogen (secondary N) is 1. The molecule has 1 heterocycles. The van der Waals surface area contributed by atoms with E-state index in [4.69, 9.17) is 4.74 Å². The Balaban J connectivity index is 1.69. The Labute approximate surface area is 175 Å². The average molecular weight is 411 g/mol. The Bertz CT molecular complexity index is 1000. The number of urea groups is 1. The highest BCUT2D eigenvalue weighted by atomic mass is 16.6. The number of imide groups is 1. The zero-order valence-electron chi connectivity index (χ0n) is 17.5. The monoisotopic (exact) mass is 411 g/mol. The van der Waals surface area contributed by atoms with Crippen molar-refractivity contribution in [3.05, 3.63) is 69.3 Å². The zero-order chi connectivity index (χ0) is 22.1. The fourth-order valence-electron chi connectivity index (χ4n) is 3.67. The van der Waals surface area contributed by atoms with Gasteiger partial charge in [-0.25, -0.2) is 4.79 Å². The number of aryl methyl sites for hydroxylation is 1. The molecule has 8 heteroatoms. The molecule has 30 heavy (non-hydrogen) atoms. The maximum Gasteiger partial charge on any atom is 0.325 e. The van der Waals surface area contributed by atoms with Gasteiger partial charge in [-0.05, 0) is 48.6 Å². The lowest BCUT2D eigenvalue weighted by atomic mass is 9.91. The molecule has 3 amide bonds. The molecular weight excluding hydrogens is 386 g/mol. The number of nitro benzene ring substituents is 1. The van der Waals surface area contributed by atoms with Gasteiger partial charge >= 0.3 is 6.03 Å². The number of benzene rings is 2. The van der Waals surface area contributed by atoms with Gasteiger partial charge in [-0.15, -0.1) is 0 Å². The fourth-order valence-corrected chi connectivity index (χ4v) is 3.67.